The fourth-order valence-electron chi connectivity index (χ4n) is 3.09. The maximum Gasteiger partial charge on any atom is 0.377 e. The topological polar surface area (TPSA) is 72.6 Å². The maximum atomic E-state index is 12.4. The molecular formula is C18H20N2O4. The molecule has 3 rings (SSSR count). The van der Waals surface area contributed by atoms with E-state index < -0.39 is 5.97 Å². The van der Waals surface area contributed by atoms with Gasteiger partial charge in [0.05, 0.1) is 12.2 Å². The summed E-state index contributed by atoms with van der Waals surface area (Å²) in [5, 5.41) is 3.53. The molecule has 1 aliphatic rings. The van der Waals surface area contributed by atoms with Crippen LogP contribution in [0, 0.1) is 6.92 Å². The van der Waals surface area contributed by atoms with E-state index in [-0.39, 0.29) is 24.3 Å². The Hall–Kier alpha value is -2.63. The molecule has 0 N–H and O–H groups in total. The summed E-state index contributed by atoms with van der Waals surface area (Å²) in [6.45, 7) is 1.38. The minimum absolute atomic E-state index is 0.0215. The van der Waals surface area contributed by atoms with Gasteiger partial charge in [0.15, 0.2) is 6.61 Å². The van der Waals surface area contributed by atoms with Gasteiger partial charge in [-0.2, -0.15) is 0 Å². The van der Waals surface area contributed by atoms with Crippen molar-refractivity contribution in [3.8, 4) is 0 Å². The Balaban J connectivity index is 1.64. The number of hydrogen-bond donors (Lipinski definition) is 0. The lowest BCUT2D eigenvalue weighted by Crippen LogP contribution is -2.36. The minimum Gasteiger partial charge on any atom is -0.450 e. The summed E-state index contributed by atoms with van der Waals surface area (Å²) in [5.74, 6) is -0.869. The molecular weight excluding hydrogens is 308 g/mol. The third kappa shape index (κ3) is 3.18. The second kappa shape index (κ2) is 6.86. The van der Waals surface area contributed by atoms with E-state index in [1.165, 1.54) is 17.3 Å². The Morgan fingerprint density at radius 2 is 2.17 bits per heavy atom. The van der Waals surface area contributed by atoms with Crippen molar-refractivity contribution >= 4 is 11.9 Å². The van der Waals surface area contributed by atoms with Crippen molar-refractivity contribution in [3.63, 3.8) is 0 Å². The SMILES string of the molecule is Cc1cnoc1C(=O)OCC(=O)N(C)[C@@H]1CCCc2ccccc21. The number of ether oxygens (including phenoxy) is 1. The van der Waals surface area contributed by atoms with Crippen molar-refractivity contribution in [1.29, 1.82) is 0 Å². The van der Waals surface area contributed by atoms with E-state index in [4.69, 9.17) is 9.26 Å². The van der Waals surface area contributed by atoms with Crippen LogP contribution in [0.1, 0.15) is 46.1 Å². The molecule has 6 nitrogen and oxygen atoms in total. The predicted octanol–water partition coefficient (Wildman–Crippen LogP) is 2.68. The van der Waals surface area contributed by atoms with Gasteiger partial charge in [-0.05, 0) is 37.3 Å². The number of carbonyl (C=O) groups is 2. The Morgan fingerprint density at radius 3 is 2.92 bits per heavy atom. The molecule has 1 amide bonds. The number of likely N-dealkylation sites (N-methyl/N-ethyl adjacent to an activating group) is 1. The summed E-state index contributed by atoms with van der Waals surface area (Å²) < 4.78 is 9.90. The van der Waals surface area contributed by atoms with Gasteiger partial charge in [0.2, 0.25) is 5.76 Å². The standard InChI is InChI=1S/C18H20N2O4/c1-12-10-19-24-17(12)18(22)23-11-16(21)20(2)15-9-5-7-13-6-3-4-8-14(13)15/h3-4,6,8,10,15H,5,7,9,11H2,1-2H3/t15-/m1/s1. The molecule has 0 saturated carbocycles. The number of aryl methyl sites for hydroxylation is 2. The molecule has 6 heteroatoms. The maximum absolute atomic E-state index is 12.4. The first-order chi connectivity index (χ1) is 11.6. The summed E-state index contributed by atoms with van der Waals surface area (Å²) in [4.78, 5) is 26.0. The van der Waals surface area contributed by atoms with Crippen molar-refractivity contribution in [2.75, 3.05) is 13.7 Å². The van der Waals surface area contributed by atoms with Gasteiger partial charge in [0.1, 0.15) is 0 Å². The van der Waals surface area contributed by atoms with Crippen LogP contribution in [0.2, 0.25) is 0 Å². The molecule has 0 saturated heterocycles. The van der Waals surface area contributed by atoms with E-state index in [1.807, 2.05) is 12.1 Å². The summed E-state index contributed by atoms with van der Waals surface area (Å²) in [6, 6.07) is 8.19. The Bertz CT molecular complexity index is 753. The van der Waals surface area contributed by atoms with E-state index in [0.29, 0.717) is 5.56 Å². The number of aromatic nitrogens is 1. The number of nitrogens with zero attached hydrogens (tertiary/aromatic N) is 2. The first-order valence-corrected chi connectivity index (χ1v) is 8.00. The van der Waals surface area contributed by atoms with Gasteiger partial charge in [-0.3, -0.25) is 4.79 Å². The molecule has 24 heavy (non-hydrogen) atoms. The van der Waals surface area contributed by atoms with Gasteiger partial charge in [-0.25, -0.2) is 4.79 Å². The van der Waals surface area contributed by atoms with E-state index in [2.05, 4.69) is 17.3 Å². The first kappa shape index (κ1) is 16.2. The lowest BCUT2D eigenvalue weighted by Gasteiger charge is -2.33. The van der Waals surface area contributed by atoms with E-state index >= 15 is 0 Å². The Labute approximate surface area is 140 Å². The van der Waals surface area contributed by atoms with Gasteiger partial charge >= 0.3 is 5.97 Å². The highest BCUT2D eigenvalue weighted by Crippen LogP contribution is 2.33. The summed E-state index contributed by atoms with van der Waals surface area (Å²) in [6.07, 6.45) is 4.42. The first-order valence-electron chi connectivity index (χ1n) is 8.00. The number of fused-ring (bicyclic) bond motifs is 1. The number of benzene rings is 1. The van der Waals surface area contributed by atoms with Crippen LogP contribution >= 0.6 is 0 Å². The zero-order valence-electron chi connectivity index (χ0n) is 13.8. The van der Waals surface area contributed by atoms with Gasteiger partial charge in [-0.15, -0.1) is 0 Å². The molecule has 1 atom stereocenters. The van der Waals surface area contributed by atoms with Gasteiger partial charge in [0.25, 0.3) is 5.91 Å². The normalized spacial score (nSPS) is 16.3. The van der Waals surface area contributed by atoms with Crippen molar-refractivity contribution in [3.05, 3.63) is 52.9 Å². The molecule has 1 aliphatic carbocycles. The fraction of sp³-hybridized carbons (Fsp3) is 0.389. The molecule has 126 valence electrons. The minimum atomic E-state index is -0.671. The average molecular weight is 328 g/mol. The van der Waals surface area contributed by atoms with Crippen molar-refractivity contribution in [1.82, 2.24) is 10.1 Å². The highest BCUT2D eigenvalue weighted by Gasteiger charge is 2.27. The van der Waals surface area contributed by atoms with Crippen LogP contribution < -0.4 is 0 Å². The monoisotopic (exact) mass is 328 g/mol. The quantitative estimate of drug-likeness (QED) is 0.807. The van der Waals surface area contributed by atoms with Crippen LogP contribution in [-0.4, -0.2) is 35.6 Å². The molecule has 1 aromatic heterocycles. The van der Waals surface area contributed by atoms with Crippen LogP contribution in [0.4, 0.5) is 0 Å². The lowest BCUT2D eigenvalue weighted by molar-refractivity contribution is -0.135. The molecule has 0 spiro atoms. The summed E-state index contributed by atoms with van der Waals surface area (Å²) in [5.41, 5.74) is 3.04. The van der Waals surface area contributed by atoms with Gasteiger partial charge in [0, 0.05) is 12.6 Å². The predicted molar refractivity (Wildman–Crippen MR) is 86.4 cm³/mol. The third-order valence-electron chi connectivity index (χ3n) is 4.46. The van der Waals surface area contributed by atoms with Crippen LogP contribution in [0.5, 0.6) is 0 Å². The number of esters is 1. The smallest absolute Gasteiger partial charge is 0.377 e. The number of rotatable bonds is 4. The van der Waals surface area contributed by atoms with Crippen LogP contribution in [-0.2, 0) is 16.0 Å². The fourth-order valence-corrected chi connectivity index (χ4v) is 3.09. The number of amides is 1. The summed E-state index contributed by atoms with van der Waals surface area (Å²) >= 11 is 0. The van der Waals surface area contributed by atoms with Crippen LogP contribution in [0.15, 0.2) is 35.0 Å². The van der Waals surface area contributed by atoms with E-state index in [9.17, 15) is 9.59 Å². The second-order valence-electron chi connectivity index (χ2n) is 6.03. The average Bonchev–Trinajstić information content (AvgIpc) is 3.04. The highest BCUT2D eigenvalue weighted by atomic mass is 16.6. The van der Waals surface area contributed by atoms with Gasteiger partial charge < -0.3 is 14.2 Å². The molecule has 1 heterocycles. The largest absolute Gasteiger partial charge is 0.450 e. The van der Waals surface area contributed by atoms with E-state index in [1.54, 1.807) is 18.9 Å². The van der Waals surface area contributed by atoms with Crippen molar-refractivity contribution in [2.24, 2.45) is 0 Å². The lowest BCUT2D eigenvalue weighted by atomic mass is 9.87. The molecule has 0 aliphatic heterocycles. The molecule has 0 radical (unpaired) electrons. The third-order valence-corrected chi connectivity index (χ3v) is 4.46. The molecule has 0 bridgehead atoms. The van der Waals surface area contributed by atoms with Crippen LogP contribution in [0.3, 0.4) is 0 Å². The Morgan fingerprint density at radius 1 is 1.38 bits per heavy atom. The highest BCUT2D eigenvalue weighted by molar-refractivity contribution is 5.89. The number of hydrogen-bond acceptors (Lipinski definition) is 5. The second-order valence-corrected chi connectivity index (χ2v) is 6.03. The zero-order valence-corrected chi connectivity index (χ0v) is 13.8. The zero-order chi connectivity index (χ0) is 17.1. The summed E-state index contributed by atoms with van der Waals surface area (Å²) in [7, 11) is 1.75. The van der Waals surface area contributed by atoms with Crippen LogP contribution in [0.25, 0.3) is 0 Å². The van der Waals surface area contributed by atoms with Crippen molar-refractivity contribution in [2.45, 2.75) is 32.2 Å². The van der Waals surface area contributed by atoms with Crippen molar-refractivity contribution < 1.29 is 18.8 Å². The molecule has 2 aromatic rings. The van der Waals surface area contributed by atoms with E-state index in [0.717, 1.165) is 19.3 Å². The molecule has 1 aromatic carbocycles. The van der Waals surface area contributed by atoms with Gasteiger partial charge in [-0.1, -0.05) is 29.4 Å². The number of carbonyl (C=O) groups excluding carboxylic acids is 2. The Kier molecular flexibility index (Phi) is 4.64. The molecule has 0 fully saturated rings. The molecule has 0 unspecified atom stereocenters.